The van der Waals surface area contributed by atoms with Gasteiger partial charge in [0, 0.05) is 18.7 Å². The largest absolute Gasteiger partial charge is 0.480 e. The molecule has 2 N–H and O–H groups in total. The molecule has 0 spiro atoms. The van der Waals surface area contributed by atoms with Crippen molar-refractivity contribution in [2.24, 2.45) is 0 Å². The molecule has 0 saturated heterocycles. The molecule has 20 heavy (non-hydrogen) atoms. The summed E-state index contributed by atoms with van der Waals surface area (Å²) in [5, 5.41) is 12.1. The van der Waals surface area contributed by atoms with E-state index in [-0.39, 0.29) is 12.3 Å². The zero-order chi connectivity index (χ0) is 15.0. The average Bonchev–Trinajstić information content (AvgIpc) is 2.37. The van der Waals surface area contributed by atoms with Crippen molar-refractivity contribution >= 4 is 23.5 Å². The molecule has 6 heteroatoms. The summed E-state index contributed by atoms with van der Waals surface area (Å²) >= 11 is 5.83. The van der Waals surface area contributed by atoms with Gasteiger partial charge < -0.3 is 15.2 Å². The Morgan fingerprint density at radius 2 is 2.20 bits per heavy atom. The number of rotatable bonds is 8. The van der Waals surface area contributed by atoms with Crippen molar-refractivity contribution in [1.82, 2.24) is 5.32 Å². The molecule has 110 valence electrons. The van der Waals surface area contributed by atoms with Gasteiger partial charge in [0.1, 0.15) is 6.04 Å². The number of carboxylic acids is 1. The van der Waals surface area contributed by atoms with Crippen LogP contribution in [0.2, 0.25) is 5.02 Å². The van der Waals surface area contributed by atoms with Crippen LogP contribution in [-0.4, -0.2) is 36.7 Å². The summed E-state index contributed by atoms with van der Waals surface area (Å²) in [6.45, 7) is 0.466. The molecular weight excluding hydrogens is 282 g/mol. The molecule has 1 atom stereocenters. The van der Waals surface area contributed by atoms with Crippen LogP contribution >= 0.6 is 11.6 Å². The first-order valence-corrected chi connectivity index (χ1v) is 6.66. The smallest absolute Gasteiger partial charge is 0.326 e. The number of carboxylic acid groups (broad SMARTS) is 1. The summed E-state index contributed by atoms with van der Waals surface area (Å²) in [6, 6.07) is 6.02. The molecular formula is C14H18ClNO4. The summed E-state index contributed by atoms with van der Waals surface area (Å²) in [7, 11) is 1.55. The SMILES string of the molecule is COCCCC(NC(=O)Cc1cccc(Cl)c1)C(=O)O. The monoisotopic (exact) mass is 299 g/mol. The first-order valence-electron chi connectivity index (χ1n) is 6.28. The molecule has 0 saturated carbocycles. The van der Waals surface area contributed by atoms with Crippen LogP contribution in [0.25, 0.3) is 0 Å². The van der Waals surface area contributed by atoms with Crippen molar-refractivity contribution in [2.75, 3.05) is 13.7 Å². The van der Waals surface area contributed by atoms with Crippen LogP contribution in [0.3, 0.4) is 0 Å². The van der Waals surface area contributed by atoms with Crippen molar-refractivity contribution in [3.05, 3.63) is 34.9 Å². The van der Waals surface area contributed by atoms with Crippen LogP contribution in [0.4, 0.5) is 0 Å². The zero-order valence-corrected chi connectivity index (χ0v) is 12.0. The van der Waals surface area contributed by atoms with Gasteiger partial charge >= 0.3 is 5.97 Å². The number of hydrogen-bond donors (Lipinski definition) is 2. The number of halogens is 1. The Hall–Kier alpha value is -1.59. The highest BCUT2D eigenvalue weighted by molar-refractivity contribution is 6.30. The molecule has 1 aromatic rings. The van der Waals surface area contributed by atoms with Crippen molar-refractivity contribution in [3.8, 4) is 0 Å². The average molecular weight is 300 g/mol. The van der Waals surface area contributed by atoms with E-state index in [4.69, 9.17) is 21.4 Å². The highest BCUT2D eigenvalue weighted by Gasteiger charge is 2.19. The van der Waals surface area contributed by atoms with E-state index >= 15 is 0 Å². The minimum Gasteiger partial charge on any atom is -0.480 e. The third kappa shape index (κ3) is 6.04. The Kier molecular flexibility index (Phi) is 7.04. The van der Waals surface area contributed by atoms with Gasteiger partial charge in [0.15, 0.2) is 0 Å². The van der Waals surface area contributed by atoms with Gasteiger partial charge in [-0.2, -0.15) is 0 Å². The lowest BCUT2D eigenvalue weighted by Gasteiger charge is -2.14. The van der Waals surface area contributed by atoms with Crippen LogP contribution in [0.15, 0.2) is 24.3 Å². The second kappa shape index (κ2) is 8.55. The molecule has 0 fully saturated rings. The highest BCUT2D eigenvalue weighted by Crippen LogP contribution is 2.11. The van der Waals surface area contributed by atoms with Crippen molar-refractivity contribution in [3.63, 3.8) is 0 Å². The molecule has 1 amide bonds. The molecule has 0 aliphatic rings. The van der Waals surface area contributed by atoms with Crippen molar-refractivity contribution in [2.45, 2.75) is 25.3 Å². The molecule has 0 heterocycles. The van der Waals surface area contributed by atoms with Gasteiger partial charge in [0.05, 0.1) is 6.42 Å². The van der Waals surface area contributed by atoms with E-state index in [1.54, 1.807) is 31.4 Å². The summed E-state index contributed by atoms with van der Waals surface area (Å²) in [5.74, 6) is -1.38. The Balaban J connectivity index is 2.51. The first-order chi connectivity index (χ1) is 9.52. The van der Waals surface area contributed by atoms with Crippen LogP contribution in [0.1, 0.15) is 18.4 Å². The van der Waals surface area contributed by atoms with Gasteiger partial charge in [-0.3, -0.25) is 4.79 Å². The summed E-state index contributed by atoms with van der Waals surface area (Å²) in [5.41, 5.74) is 0.746. The van der Waals surface area contributed by atoms with Gasteiger partial charge in [-0.15, -0.1) is 0 Å². The number of carbonyl (C=O) groups is 2. The summed E-state index contributed by atoms with van der Waals surface area (Å²) in [4.78, 5) is 22.9. The Morgan fingerprint density at radius 1 is 1.45 bits per heavy atom. The third-order valence-corrected chi connectivity index (χ3v) is 2.96. The molecule has 0 aliphatic heterocycles. The van der Waals surface area contributed by atoms with E-state index in [0.29, 0.717) is 24.5 Å². The zero-order valence-electron chi connectivity index (χ0n) is 11.3. The van der Waals surface area contributed by atoms with Gasteiger partial charge in [0.2, 0.25) is 5.91 Å². The van der Waals surface area contributed by atoms with E-state index in [9.17, 15) is 9.59 Å². The summed E-state index contributed by atoms with van der Waals surface area (Å²) < 4.78 is 4.87. The van der Waals surface area contributed by atoms with Gasteiger partial charge in [-0.25, -0.2) is 4.79 Å². The predicted molar refractivity (Wildman–Crippen MR) is 75.8 cm³/mol. The number of benzene rings is 1. The third-order valence-electron chi connectivity index (χ3n) is 2.73. The van der Waals surface area contributed by atoms with Gasteiger partial charge in [0.25, 0.3) is 0 Å². The second-order valence-corrected chi connectivity index (χ2v) is 4.84. The lowest BCUT2D eigenvalue weighted by molar-refractivity contribution is -0.142. The molecule has 1 aromatic carbocycles. The number of ether oxygens (including phenoxy) is 1. The minimum atomic E-state index is -1.04. The predicted octanol–water partition coefficient (Wildman–Crippen LogP) is 1.88. The maximum Gasteiger partial charge on any atom is 0.326 e. The van der Waals surface area contributed by atoms with E-state index < -0.39 is 12.0 Å². The lowest BCUT2D eigenvalue weighted by atomic mass is 10.1. The van der Waals surface area contributed by atoms with E-state index in [1.807, 2.05) is 0 Å². The molecule has 1 unspecified atom stereocenters. The number of aliphatic carboxylic acids is 1. The lowest BCUT2D eigenvalue weighted by Crippen LogP contribution is -2.41. The first kappa shape index (κ1) is 16.5. The fourth-order valence-corrected chi connectivity index (χ4v) is 1.98. The Labute approximate surface area is 122 Å². The van der Waals surface area contributed by atoms with Crippen molar-refractivity contribution in [1.29, 1.82) is 0 Å². The van der Waals surface area contributed by atoms with Gasteiger partial charge in [-0.05, 0) is 30.5 Å². The molecule has 1 rings (SSSR count). The number of hydrogen-bond acceptors (Lipinski definition) is 3. The maximum atomic E-state index is 11.8. The molecule has 0 bridgehead atoms. The van der Waals surface area contributed by atoms with E-state index in [0.717, 1.165) is 5.56 Å². The van der Waals surface area contributed by atoms with Crippen LogP contribution in [0, 0.1) is 0 Å². The maximum absolute atomic E-state index is 11.8. The van der Waals surface area contributed by atoms with E-state index in [1.165, 1.54) is 0 Å². The molecule has 5 nitrogen and oxygen atoms in total. The van der Waals surface area contributed by atoms with E-state index in [2.05, 4.69) is 5.32 Å². The van der Waals surface area contributed by atoms with Crippen LogP contribution in [0.5, 0.6) is 0 Å². The molecule has 0 aliphatic carbocycles. The Bertz CT molecular complexity index is 464. The van der Waals surface area contributed by atoms with Crippen LogP contribution in [-0.2, 0) is 20.7 Å². The number of carbonyl (C=O) groups excluding carboxylic acids is 1. The summed E-state index contributed by atoms with van der Waals surface area (Å²) in [6.07, 6.45) is 1.02. The van der Waals surface area contributed by atoms with Gasteiger partial charge in [-0.1, -0.05) is 23.7 Å². The topological polar surface area (TPSA) is 75.6 Å². The quantitative estimate of drug-likeness (QED) is 0.719. The number of amides is 1. The number of nitrogens with one attached hydrogen (secondary N) is 1. The molecule has 0 aromatic heterocycles. The standard InChI is InChI=1S/C14H18ClNO4/c1-20-7-3-6-12(14(18)19)16-13(17)9-10-4-2-5-11(15)8-10/h2,4-5,8,12H,3,6-7,9H2,1H3,(H,16,17)(H,18,19). The normalized spacial score (nSPS) is 11.9. The fraction of sp³-hybridized carbons (Fsp3) is 0.429. The minimum absolute atomic E-state index is 0.106. The van der Waals surface area contributed by atoms with Crippen molar-refractivity contribution < 1.29 is 19.4 Å². The van der Waals surface area contributed by atoms with Crippen LogP contribution < -0.4 is 5.32 Å². The molecule has 0 radical (unpaired) electrons. The second-order valence-electron chi connectivity index (χ2n) is 4.40. The highest BCUT2D eigenvalue weighted by atomic mass is 35.5. The number of methoxy groups -OCH3 is 1. The Morgan fingerprint density at radius 3 is 2.80 bits per heavy atom. The fourth-order valence-electron chi connectivity index (χ4n) is 1.77.